The van der Waals surface area contributed by atoms with Crippen LogP contribution in [0.1, 0.15) is 5.56 Å². The zero-order valence-corrected chi connectivity index (χ0v) is 9.41. The molecule has 0 saturated carbocycles. The lowest BCUT2D eigenvalue weighted by Crippen LogP contribution is -2.23. The van der Waals surface area contributed by atoms with Crippen molar-refractivity contribution in [1.82, 2.24) is 0 Å². The van der Waals surface area contributed by atoms with Crippen LogP contribution in [-0.4, -0.2) is 40.4 Å². The summed E-state index contributed by atoms with van der Waals surface area (Å²) in [5, 5.41) is 29.9. The third kappa shape index (κ3) is 2.09. The van der Waals surface area contributed by atoms with Crippen molar-refractivity contribution in [2.45, 2.75) is 19.1 Å². The predicted molar refractivity (Wildman–Crippen MR) is 62.1 cm³/mol. The number of benzene rings is 1. The Hall–Kier alpha value is -1.66. The van der Waals surface area contributed by atoms with E-state index in [9.17, 15) is 20.3 Å². The molecule has 17 heavy (non-hydrogen) atoms. The predicted octanol–water partition coefficient (Wildman–Crippen LogP) is 0.445. The lowest BCUT2D eigenvalue weighted by atomic mass is 10.1. The molecule has 0 aromatic heterocycles. The van der Waals surface area contributed by atoms with Crippen molar-refractivity contribution in [2.75, 3.05) is 18.0 Å². The standard InChI is InChI=1S/C11H14N2O4/c1-7-3-2-4-8(13(16)17)11(7)12-5-9(14)10(15)6-12/h2-4,9-10,14-15H,5-6H2,1H3. The van der Waals surface area contributed by atoms with Crippen LogP contribution >= 0.6 is 0 Å². The molecule has 1 saturated heterocycles. The normalized spacial score (nSPS) is 24.1. The first-order valence-corrected chi connectivity index (χ1v) is 5.36. The number of nitro benzene ring substituents is 1. The molecule has 6 nitrogen and oxygen atoms in total. The minimum absolute atomic E-state index is 0.00583. The number of hydrogen-bond acceptors (Lipinski definition) is 5. The highest BCUT2D eigenvalue weighted by atomic mass is 16.6. The van der Waals surface area contributed by atoms with Crippen molar-refractivity contribution in [3.8, 4) is 0 Å². The minimum Gasteiger partial charge on any atom is -0.389 e. The van der Waals surface area contributed by atoms with E-state index in [4.69, 9.17) is 0 Å². The summed E-state index contributed by atoms with van der Waals surface area (Å²) in [5.41, 5.74) is 1.25. The number of nitrogens with zero attached hydrogens (tertiary/aromatic N) is 2. The summed E-state index contributed by atoms with van der Waals surface area (Å²) in [5.74, 6) is 0. The van der Waals surface area contributed by atoms with E-state index in [1.807, 2.05) is 0 Å². The summed E-state index contributed by atoms with van der Waals surface area (Å²) in [4.78, 5) is 12.2. The molecule has 0 aliphatic carbocycles. The van der Waals surface area contributed by atoms with Crippen molar-refractivity contribution >= 4 is 11.4 Å². The minimum atomic E-state index is -0.853. The van der Waals surface area contributed by atoms with Crippen LogP contribution in [0, 0.1) is 17.0 Å². The number of para-hydroxylation sites is 1. The monoisotopic (exact) mass is 238 g/mol. The van der Waals surface area contributed by atoms with Crippen molar-refractivity contribution < 1.29 is 15.1 Å². The fourth-order valence-corrected chi connectivity index (χ4v) is 2.15. The Bertz CT molecular complexity index is 439. The van der Waals surface area contributed by atoms with Crippen molar-refractivity contribution in [3.63, 3.8) is 0 Å². The Morgan fingerprint density at radius 1 is 1.35 bits per heavy atom. The molecule has 2 unspecified atom stereocenters. The molecule has 0 radical (unpaired) electrons. The van der Waals surface area contributed by atoms with Gasteiger partial charge >= 0.3 is 0 Å². The molecular weight excluding hydrogens is 224 g/mol. The SMILES string of the molecule is Cc1cccc([N+](=O)[O-])c1N1CC(O)C(O)C1. The summed E-state index contributed by atoms with van der Waals surface area (Å²) in [7, 11) is 0. The summed E-state index contributed by atoms with van der Waals surface area (Å²) in [6.07, 6.45) is -1.71. The van der Waals surface area contributed by atoms with Gasteiger partial charge in [-0.15, -0.1) is 0 Å². The van der Waals surface area contributed by atoms with Crippen LogP contribution in [0.2, 0.25) is 0 Å². The van der Waals surface area contributed by atoms with Gasteiger partial charge in [0.2, 0.25) is 0 Å². The van der Waals surface area contributed by atoms with Gasteiger partial charge in [0.15, 0.2) is 0 Å². The van der Waals surface area contributed by atoms with Gasteiger partial charge < -0.3 is 15.1 Å². The Labute approximate surface area is 98.3 Å². The summed E-state index contributed by atoms with van der Waals surface area (Å²) < 4.78 is 0. The smallest absolute Gasteiger partial charge is 0.292 e. The summed E-state index contributed by atoms with van der Waals surface area (Å²) in [6, 6.07) is 4.83. The van der Waals surface area contributed by atoms with Gasteiger partial charge in [-0.05, 0) is 12.5 Å². The van der Waals surface area contributed by atoms with E-state index < -0.39 is 17.1 Å². The Morgan fingerprint density at radius 3 is 2.47 bits per heavy atom. The zero-order valence-electron chi connectivity index (χ0n) is 9.41. The van der Waals surface area contributed by atoms with E-state index in [1.54, 1.807) is 24.0 Å². The molecule has 2 rings (SSSR count). The topological polar surface area (TPSA) is 86.8 Å². The molecule has 1 aliphatic heterocycles. The van der Waals surface area contributed by atoms with Gasteiger partial charge in [-0.25, -0.2) is 0 Å². The number of hydrogen-bond donors (Lipinski definition) is 2. The molecule has 0 bridgehead atoms. The van der Waals surface area contributed by atoms with Crippen molar-refractivity contribution in [2.24, 2.45) is 0 Å². The number of anilines is 1. The average Bonchev–Trinajstić information content (AvgIpc) is 2.58. The number of β-amino-alcohol motifs (C(OH)–C–C–N with tert-alkyl or cyclic N) is 2. The molecular formula is C11H14N2O4. The molecule has 1 aliphatic rings. The van der Waals surface area contributed by atoms with Gasteiger partial charge in [0.05, 0.1) is 17.1 Å². The van der Waals surface area contributed by atoms with Gasteiger partial charge in [0, 0.05) is 19.2 Å². The van der Waals surface area contributed by atoms with Crippen LogP contribution in [0.3, 0.4) is 0 Å². The molecule has 0 spiro atoms. The second kappa shape index (κ2) is 4.31. The Morgan fingerprint density at radius 2 is 1.94 bits per heavy atom. The van der Waals surface area contributed by atoms with Gasteiger partial charge in [0.1, 0.15) is 5.69 Å². The van der Waals surface area contributed by atoms with Crippen molar-refractivity contribution in [3.05, 3.63) is 33.9 Å². The first kappa shape index (κ1) is 11.8. The maximum absolute atomic E-state index is 10.9. The molecule has 1 aromatic rings. The quantitative estimate of drug-likeness (QED) is 0.577. The second-order valence-corrected chi connectivity index (χ2v) is 4.24. The van der Waals surface area contributed by atoms with Crippen LogP contribution < -0.4 is 4.90 Å². The molecule has 92 valence electrons. The van der Waals surface area contributed by atoms with E-state index in [1.165, 1.54) is 6.07 Å². The molecule has 6 heteroatoms. The number of aliphatic hydroxyl groups is 2. The maximum Gasteiger partial charge on any atom is 0.292 e. The molecule has 2 atom stereocenters. The molecule has 1 aromatic carbocycles. The van der Waals surface area contributed by atoms with Crippen LogP contribution in [0.4, 0.5) is 11.4 Å². The van der Waals surface area contributed by atoms with Crippen molar-refractivity contribution in [1.29, 1.82) is 0 Å². The van der Waals surface area contributed by atoms with Crippen LogP contribution in [0.5, 0.6) is 0 Å². The lowest BCUT2D eigenvalue weighted by molar-refractivity contribution is -0.384. The second-order valence-electron chi connectivity index (χ2n) is 4.24. The first-order valence-electron chi connectivity index (χ1n) is 5.36. The van der Waals surface area contributed by atoms with E-state index in [0.717, 1.165) is 5.56 Å². The Balaban J connectivity index is 2.41. The number of nitro groups is 1. The number of rotatable bonds is 2. The average molecular weight is 238 g/mol. The van der Waals surface area contributed by atoms with Crippen LogP contribution in [0.25, 0.3) is 0 Å². The van der Waals surface area contributed by atoms with Gasteiger partial charge in [-0.1, -0.05) is 12.1 Å². The van der Waals surface area contributed by atoms with E-state index in [2.05, 4.69) is 0 Å². The largest absolute Gasteiger partial charge is 0.389 e. The fraction of sp³-hybridized carbons (Fsp3) is 0.455. The third-order valence-electron chi connectivity index (χ3n) is 2.99. The highest BCUT2D eigenvalue weighted by Crippen LogP contribution is 2.33. The molecule has 2 N–H and O–H groups in total. The summed E-state index contributed by atoms with van der Waals surface area (Å²) >= 11 is 0. The molecule has 1 heterocycles. The Kier molecular flexibility index (Phi) is 2.99. The first-order chi connectivity index (χ1) is 8.00. The van der Waals surface area contributed by atoms with E-state index >= 15 is 0 Å². The van der Waals surface area contributed by atoms with Gasteiger partial charge in [-0.2, -0.15) is 0 Å². The van der Waals surface area contributed by atoms with E-state index in [0.29, 0.717) is 5.69 Å². The highest BCUT2D eigenvalue weighted by molar-refractivity contribution is 5.68. The lowest BCUT2D eigenvalue weighted by Gasteiger charge is -2.19. The molecule has 1 fully saturated rings. The molecule has 0 amide bonds. The third-order valence-corrected chi connectivity index (χ3v) is 2.99. The van der Waals surface area contributed by atoms with Crippen LogP contribution in [0.15, 0.2) is 18.2 Å². The summed E-state index contributed by atoms with van der Waals surface area (Å²) in [6.45, 7) is 2.21. The van der Waals surface area contributed by atoms with Gasteiger partial charge in [0.25, 0.3) is 5.69 Å². The van der Waals surface area contributed by atoms with Gasteiger partial charge in [-0.3, -0.25) is 10.1 Å². The highest BCUT2D eigenvalue weighted by Gasteiger charge is 2.33. The fourth-order valence-electron chi connectivity index (χ4n) is 2.15. The number of aryl methyl sites for hydroxylation is 1. The zero-order chi connectivity index (χ0) is 12.6. The van der Waals surface area contributed by atoms with E-state index in [-0.39, 0.29) is 18.8 Å². The maximum atomic E-state index is 10.9. The van der Waals surface area contributed by atoms with Crippen LogP contribution in [-0.2, 0) is 0 Å². The number of aliphatic hydroxyl groups excluding tert-OH is 2.